The van der Waals surface area contributed by atoms with Crippen molar-refractivity contribution in [3.63, 3.8) is 0 Å². The summed E-state index contributed by atoms with van der Waals surface area (Å²) in [6.45, 7) is 2.09. The van der Waals surface area contributed by atoms with Gasteiger partial charge in [0, 0.05) is 25.9 Å². The minimum atomic E-state index is -0.251. The van der Waals surface area contributed by atoms with E-state index < -0.39 is 0 Å². The van der Waals surface area contributed by atoms with Gasteiger partial charge in [0.25, 0.3) is 0 Å². The molecule has 2 N–H and O–H groups in total. The second-order valence-electron chi connectivity index (χ2n) is 3.57. The van der Waals surface area contributed by atoms with Gasteiger partial charge in [-0.25, -0.2) is 4.39 Å². The fourth-order valence-corrected chi connectivity index (χ4v) is 1.33. The van der Waals surface area contributed by atoms with Gasteiger partial charge in [0.2, 0.25) is 0 Å². The Morgan fingerprint density at radius 1 is 1.47 bits per heavy atom. The molecule has 0 aliphatic heterocycles. The molecule has 0 spiro atoms. The molecule has 0 unspecified atom stereocenters. The first-order valence-corrected chi connectivity index (χ1v) is 4.85. The number of likely N-dealkylation sites (N-methyl/N-ethyl adjacent to an activating group) is 1. The maximum absolute atomic E-state index is 13.0. The number of nitrogens with two attached hydrogens (primary N) is 1. The molecule has 0 saturated carbocycles. The molecular weight excluding hydrogens is 195 g/mol. The van der Waals surface area contributed by atoms with Crippen molar-refractivity contribution in [2.24, 2.45) is 0 Å². The monoisotopic (exact) mass is 212 g/mol. The summed E-state index contributed by atoms with van der Waals surface area (Å²) in [7, 11) is 3.60. The minimum Gasteiger partial charge on any atom is -0.398 e. The van der Waals surface area contributed by atoms with E-state index in [-0.39, 0.29) is 5.82 Å². The average Bonchev–Trinajstić information content (AvgIpc) is 2.20. The molecule has 3 nitrogen and oxygen atoms in total. The fourth-order valence-electron chi connectivity index (χ4n) is 1.33. The third-order valence-electron chi connectivity index (χ3n) is 2.22. The Hall–Kier alpha value is -1.13. The van der Waals surface area contributed by atoms with Crippen LogP contribution in [0.15, 0.2) is 18.2 Å². The van der Waals surface area contributed by atoms with Crippen molar-refractivity contribution in [1.82, 2.24) is 4.90 Å². The van der Waals surface area contributed by atoms with E-state index in [1.807, 2.05) is 11.9 Å². The first kappa shape index (κ1) is 11.9. The number of nitrogen functional groups attached to an aromatic ring is 1. The molecular formula is C11H17FN2O. The van der Waals surface area contributed by atoms with E-state index in [2.05, 4.69) is 0 Å². The largest absolute Gasteiger partial charge is 0.398 e. The molecule has 0 amide bonds. The highest BCUT2D eigenvalue weighted by Gasteiger charge is 2.04. The van der Waals surface area contributed by atoms with E-state index in [1.54, 1.807) is 13.2 Å². The molecule has 0 aromatic heterocycles. The highest BCUT2D eigenvalue weighted by Crippen LogP contribution is 2.14. The van der Waals surface area contributed by atoms with E-state index in [0.29, 0.717) is 18.8 Å². The first-order valence-electron chi connectivity index (χ1n) is 4.85. The molecule has 0 fully saturated rings. The number of benzene rings is 1. The number of nitrogens with zero attached hydrogens (tertiary/aromatic N) is 1. The lowest BCUT2D eigenvalue weighted by molar-refractivity contribution is 0.158. The van der Waals surface area contributed by atoms with Crippen molar-refractivity contribution in [3.05, 3.63) is 29.6 Å². The van der Waals surface area contributed by atoms with Crippen LogP contribution in [0.1, 0.15) is 5.56 Å². The second-order valence-corrected chi connectivity index (χ2v) is 3.57. The molecule has 15 heavy (non-hydrogen) atoms. The molecule has 1 rings (SSSR count). The number of ether oxygens (including phenoxy) is 1. The van der Waals surface area contributed by atoms with Gasteiger partial charge in [-0.2, -0.15) is 0 Å². The zero-order valence-corrected chi connectivity index (χ0v) is 9.16. The highest BCUT2D eigenvalue weighted by molar-refractivity contribution is 5.46. The van der Waals surface area contributed by atoms with E-state index in [0.717, 1.165) is 12.1 Å². The molecule has 4 heteroatoms. The van der Waals surface area contributed by atoms with Crippen molar-refractivity contribution in [1.29, 1.82) is 0 Å². The van der Waals surface area contributed by atoms with Crippen molar-refractivity contribution in [2.45, 2.75) is 6.54 Å². The Kier molecular flexibility index (Phi) is 4.52. The highest BCUT2D eigenvalue weighted by atomic mass is 19.1. The summed E-state index contributed by atoms with van der Waals surface area (Å²) >= 11 is 0. The second kappa shape index (κ2) is 5.68. The molecule has 0 atom stereocenters. The Bertz CT molecular complexity index is 317. The molecule has 0 aliphatic carbocycles. The number of halogens is 1. The lowest BCUT2D eigenvalue weighted by Crippen LogP contribution is -2.22. The zero-order chi connectivity index (χ0) is 11.3. The van der Waals surface area contributed by atoms with E-state index in [4.69, 9.17) is 10.5 Å². The summed E-state index contributed by atoms with van der Waals surface area (Å²) in [5.41, 5.74) is 7.18. The Labute approximate surface area is 89.6 Å². The number of hydrogen-bond acceptors (Lipinski definition) is 3. The van der Waals surface area contributed by atoms with Gasteiger partial charge in [-0.3, -0.25) is 4.90 Å². The normalized spacial score (nSPS) is 10.9. The Morgan fingerprint density at radius 2 is 2.20 bits per heavy atom. The van der Waals surface area contributed by atoms with Crippen LogP contribution in [-0.4, -0.2) is 32.2 Å². The topological polar surface area (TPSA) is 38.5 Å². The maximum Gasteiger partial charge on any atom is 0.123 e. The zero-order valence-electron chi connectivity index (χ0n) is 9.16. The molecule has 0 saturated heterocycles. The number of hydrogen-bond donors (Lipinski definition) is 1. The van der Waals surface area contributed by atoms with Crippen LogP contribution < -0.4 is 5.73 Å². The molecule has 0 aliphatic rings. The maximum atomic E-state index is 13.0. The van der Waals surface area contributed by atoms with Crippen LogP contribution in [0.3, 0.4) is 0 Å². The Balaban J connectivity index is 2.59. The van der Waals surface area contributed by atoms with Gasteiger partial charge in [-0.15, -0.1) is 0 Å². The quantitative estimate of drug-likeness (QED) is 0.751. The summed E-state index contributed by atoms with van der Waals surface area (Å²) in [6.07, 6.45) is 0. The van der Waals surface area contributed by atoms with E-state index in [1.165, 1.54) is 12.1 Å². The Morgan fingerprint density at radius 3 is 2.87 bits per heavy atom. The molecule has 0 bridgehead atoms. The van der Waals surface area contributed by atoms with Crippen LogP contribution in [0.5, 0.6) is 0 Å². The van der Waals surface area contributed by atoms with Crippen LogP contribution in [0.4, 0.5) is 10.1 Å². The number of methoxy groups -OCH3 is 1. The van der Waals surface area contributed by atoms with E-state index in [9.17, 15) is 4.39 Å². The van der Waals surface area contributed by atoms with Crippen molar-refractivity contribution >= 4 is 5.69 Å². The standard InChI is InChI=1S/C11H17FN2O/c1-14(5-6-15-2)8-9-7-10(12)3-4-11(9)13/h3-4,7H,5-6,8,13H2,1-2H3. The summed E-state index contributed by atoms with van der Waals surface area (Å²) in [5.74, 6) is -0.251. The lowest BCUT2D eigenvalue weighted by atomic mass is 10.1. The average molecular weight is 212 g/mol. The van der Waals surface area contributed by atoms with Crippen LogP contribution in [-0.2, 0) is 11.3 Å². The van der Waals surface area contributed by atoms with Crippen LogP contribution in [0.2, 0.25) is 0 Å². The predicted molar refractivity (Wildman–Crippen MR) is 59.0 cm³/mol. The van der Waals surface area contributed by atoms with Gasteiger partial charge in [-0.1, -0.05) is 0 Å². The molecule has 1 aromatic carbocycles. The van der Waals surface area contributed by atoms with Gasteiger partial charge >= 0.3 is 0 Å². The number of anilines is 1. The fraction of sp³-hybridized carbons (Fsp3) is 0.455. The predicted octanol–water partition coefficient (Wildman–Crippen LogP) is 1.49. The number of rotatable bonds is 5. The van der Waals surface area contributed by atoms with Crippen molar-refractivity contribution in [2.75, 3.05) is 33.0 Å². The minimum absolute atomic E-state index is 0.251. The summed E-state index contributed by atoms with van der Waals surface area (Å²) < 4.78 is 17.9. The van der Waals surface area contributed by atoms with Gasteiger partial charge in [0.15, 0.2) is 0 Å². The van der Waals surface area contributed by atoms with Gasteiger partial charge in [-0.05, 0) is 30.8 Å². The van der Waals surface area contributed by atoms with Crippen molar-refractivity contribution in [3.8, 4) is 0 Å². The van der Waals surface area contributed by atoms with Gasteiger partial charge in [0.1, 0.15) is 5.82 Å². The lowest BCUT2D eigenvalue weighted by Gasteiger charge is -2.17. The molecule has 1 aromatic rings. The summed E-state index contributed by atoms with van der Waals surface area (Å²) in [6, 6.07) is 4.43. The SMILES string of the molecule is COCCN(C)Cc1cc(F)ccc1N. The third-order valence-corrected chi connectivity index (χ3v) is 2.22. The third kappa shape index (κ3) is 3.85. The van der Waals surface area contributed by atoms with E-state index >= 15 is 0 Å². The first-order chi connectivity index (χ1) is 7.13. The smallest absolute Gasteiger partial charge is 0.123 e. The van der Waals surface area contributed by atoms with Crippen LogP contribution in [0.25, 0.3) is 0 Å². The van der Waals surface area contributed by atoms with Crippen LogP contribution >= 0.6 is 0 Å². The molecule has 0 heterocycles. The van der Waals surface area contributed by atoms with Crippen LogP contribution in [0, 0.1) is 5.82 Å². The van der Waals surface area contributed by atoms with Gasteiger partial charge < -0.3 is 10.5 Å². The summed E-state index contributed by atoms with van der Waals surface area (Å²) in [5, 5.41) is 0. The molecule has 84 valence electrons. The summed E-state index contributed by atoms with van der Waals surface area (Å²) in [4.78, 5) is 2.04. The molecule has 0 radical (unpaired) electrons. The van der Waals surface area contributed by atoms with Gasteiger partial charge in [0.05, 0.1) is 6.61 Å². The van der Waals surface area contributed by atoms with Crippen molar-refractivity contribution < 1.29 is 9.13 Å².